The smallest absolute Gasteiger partial charge is 0.339 e. The van der Waals surface area contributed by atoms with Crippen molar-refractivity contribution in [1.82, 2.24) is 0 Å². The van der Waals surface area contributed by atoms with E-state index in [2.05, 4.69) is 0 Å². The van der Waals surface area contributed by atoms with Crippen LogP contribution in [0.4, 0.5) is 0 Å². The first-order valence-electron chi connectivity index (χ1n) is 6.66. The van der Waals surface area contributed by atoms with Gasteiger partial charge in [0.05, 0.1) is 0 Å². The maximum atomic E-state index is 11.8. The van der Waals surface area contributed by atoms with Gasteiger partial charge in [0.2, 0.25) is 0 Å². The molecule has 6 nitrogen and oxygen atoms in total. The molecule has 0 aliphatic heterocycles. The molecule has 1 aromatic rings. The number of rotatable bonds is 6. The van der Waals surface area contributed by atoms with E-state index in [0.29, 0.717) is 0 Å². The summed E-state index contributed by atoms with van der Waals surface area (Å²) in [5.74, 6) is -1.52. The topological polar surface area (TPSA) is 98.9 Å². The molecule has 1 aromatic carbocycles. The van der Waals surface area contributed by atoms with Gasteiger partial charge < -0.3 is 20.3 Å². The van der Waals surface area contributed by atoms with Crippen LogP contribution in [0.3, 0.4) is 0 Å². The third-order valence-corrected chi connectivity index (χ3v) is 3.27. The summed E-state index contributed by atoms with van der Waals surface area (Å²) in [5, 5.41) is 9.15. The minimum atomic E-state index is -1.10. The average Bonchev–Trinajstić information content (AvgIpc) is 2.42. The molecule has 1 unspecified atom stereocenters. The Labute approximate surface area is 134 Å². The van der Waals surface area contributed by atoms with Crippen molar-refractivity contribution in [3.8, 4) is 5.75 Å². The number of carbonyl (C=O) groups is 2. The summed E-state index contributed by atoms with van der Waals surface area (Å²) < 4.78 is 10.6. The SMILES string of the molecule is CSc1ccc(C(=O)O)c(OCC(N)C(=O)OC(C)(C)C)c1. The highest BCUT2D eigenvalue weighted by Gasteiger charge is 2.23. The highest BCUT2D eigenvalue weighted by atomic mass is 32.2. The fourth-order valence-corrected chi connectivity index (χ4v) is 1.98. The zero-order valence-electron chi connectivity index (χ0n) is 13.1. The van der Waals surface area contributed by atoms with E-state index in [1.165, 1.54) is 17.8 Å². The standard InChI is InChI=1S/C15H21NO5S/c1-15(2,3)21-14(19)11(16)8-20-12-7-9(22-4)5-6-10(12)13(17)18/h5-7,11H,8,16H2,1-4H3,(H,17,18). The van der Waals surface area contributed by atoms with Gasteiger partial charge >= 0.3 is 11.9 Å². The van der Waals surface area contributed by atoms with Gasteiger partial charge in [0, 0.05) is 4.90 Å². The first-order chi connectivity index (χ1) is 10.1. The van der Waals surface area contributed by atoms with Crippen LogP contribution >= 0.6 is 11.8 Å². The molecule has 0 spiro atoms. The van der Waals surface area contributed by atoms with Gasteiger partial charge in [-0.2, -0.15) is 0 Å². The van der Waals surface area contributed by atoms with Crippen LogP contribution in [0.25, 0.3) is 0 Å². The fourth-order valence-electron chi connectivity index (χ4n) is 1.55. The Kier molecular flexibility index (Phi) is 6.25. The van der Waals surface area contributed by atoms with E-state index in [1.54, 1.807) is 32.9 Å². The third kappa shape index (κ3) is 5.57. The molecule has 0 saturated heterocycles. The lowest BCUT2D eigenvalue weighted by Crippen LogP contribution is -2.41. The number of carbonyl (C=O) groups excluding carboxylic acids is 1. The van der Waals surface area contributed by atoms with Crippen molar-refractivity contribution in [3.63, 3.8) is 0 Å². The molecule has 0 amide bonds. The maximum Gasteiger partial charge on any atom is 0.339 e. The van der Waals surface area contributed by atoms with Crippen LogP contribution in [-0.4, -0.2) is 41.6 Å². The molecule has 3 N–H and O–H groups in total. The van der Waals surface area contributed by atoms with E-state index in [-0.39, 0.29) is 17.9 Å². The van der Waals surface area contributed by atoms with E-state index in [1.807, 2.05) is 6.26 Å². The highest BCUT2D eigenvalue weighted by Crippen LogP contribution is 2.25. The zero-order valence-corrected chi connectivity index (χ0v) is 13.9. The molecule has 1 rings (SSSR count). The van der Waals surface area contributed by atoms with Crippen LogP contribution in [0.1, 0.15) is 31.1 Å². The lowest BCUT2D eigenvalue weighted by atomic mass is 10.2. The van der Waals surface area contributed by atoms with Crippen LogP contribution in [0.5, 0.6) is 5.75 Å². The number of carboxylic acids is 1. The molecule has 0 fully saturated rings. The van der Waals surface area contributed by atoms with E-state index in [0.717, 1.165) is 4.90 Å². The van der Waals surface area contributed by atoms with Crippen molar-refractivity contribution in [2.45, 2.75) is 37.3 Å². The van der Waals surface area contributed by atoms with Gasteiger partial charge in [0.25, 0.3) is 0 Å². The molecule has 0 radical (unpaired) electrons. The van der Waals surface area contributed by atoms with Gasteiger partial charge in [0.15, 0.2) is 0 Å². The Balaban J connectivity index is 2.78. The summed E-state index contributed by atoms with van der Waals surface area (Å²) >= 11 is 1.46. The monoisotopic (exact) mass is 327 g/mol. The molecule has 7 heteroatoms. The van der Waals surface area contributed by atoms with Crippen LogP contribution in [-0.2, 0) is 9.53 Å². The predicted molar refractivity (Wildman–Crippen MR) is 84.5 cm³/mol. The number of benzene rings is 1. The first kappa shape index (κ1) is 18.3. The number of carboxylic acid groups (broad SMARTS) is 1. The summed E-state index contributed by atoms with van der Waals surface area (Å²) in [6.45, 7) is 5.06. The summed E-state index contributed by atoms with van der Waals surface area (Å²) in [5.41, 5.74) is 5.10. The number of nitrogens with two attached hydrogens (primary N) is 1. The van der Waals surface area contributed by atoms with Crippen molar-refractivity contribution in [3.05, 3.63) is 23.8 Å². The van der Waals surface area contributed by atoms with Gasteiger partial charge in [-0.05, 0) is 45.2 Å². The summed E-state index contributed by atoms with van der Waals surface area (Å²) in [7, 11) is 0. The molecule has 0 aliphatic rings. The second-order valence-corrected chi connectivity index (χ2v) is 6.50. The molecule has 0 heterocycles. The van der Waals surface area contributed by atoms with Crippen LogP contribution < -0.4 is 10.5 Å². The highest BCUT2D eigenvalue weighted by molar-refractivity contribution is 7.98. The van der Waals surface area contributed by atoms with Gasteiger partial charge in [0.1, 0.15) is 29.6 Å². The third-order valence-electron chi connectivity index (χ3n) is 2.55. The molecule has 22 heavy (non-hydrogen) atoms. The first-order valence-corrected chi connectivity index (χ1v) is 7.89. The van der Waals surface area contributed by atoms with Gasteiger partial charge in [-0.1, -0.05) is 0 Å². The van der Waals surface area contributed by atoms with Gasteiger partial charge in [-0.25, -0.2) is 4.79 Å². The average molecular weight is 327 g/mol. The van der Waals surface area contributed by atoms with Crippen LogP contribution in [0.15, 0.2) is 23.1 Å². The van der Waals surface area contributed by atoms with Gasteiger partial charge in [-0.3, -0.25) is 4.79 Å². The van der Waals surface area contributed by atoms with E-state index >= 15 is 0 Å². The van der Waals surface area contributed by atoms with E-state index < -0.39 is 23.6 Å². The Morgan fingerprint density at radius 2 is 2.00 bits per heavy atom. The number of thioether (sulfide) groups is 1. The Morgan fingerprint density at radius 3 is 2.50 bits per heavy atom. The largest absolute Gasteiger partial charge is 0.490 e. The Hall–Kier alpha value is -1.73. The van der Waals surface area contributed by atoms with Crippen molar-refractivity contribution < 1.29 is 24.2 Å². The molecule has 1 atom stereocenters. The second kappa shape index (κ2) is 7.51. The number of ether oxygens (including phenoxy) is 2. The predicted octanol–water partition coefficient (Wildman–Crippen LogP) is 2.15. The quantitative estimate of drug-likeness (QED) is 0.610. The fraction of sp³-hybridized carbons (Fsp3) is 0.467. The zero-order chi connectivity index (χ0) is 16.9. The molecular formula is C15H21NO5S. The van der Waals surface area contributed by atoms with E-state index in [4.69, 9.17) is 20.3 Å². The van der Waals surface area contributed by atoms with Crippen molar-refractivity contribution >= 4 is 23.7 Å². The molecule has 0 saturated carbocycles. The molecule has 0 aliphatic carbocycles. The Bertz CT molecular complexity index is 553. The summed E-state index contributed by atoms with van der Waals surface area (Å²) in [6, 6.07) is 3.77. The molecule has 0 bridgehead atoms. The van der Waals surface area contributed by atoms with Crippen molar-refractivity contribution in [2.75, 3.05) is 12.9 Å². The Morgan fingerprint density at radius 1 is 1.36 bits per heavy atom. The second-order valence-electron chi connectivity index (χ2n) is 5.62. The van der Waals surface area contributed by atoms with Gasteiger partial charge in [-0.15, -0.1) is 11.8 Å². The minimum Gasteiger partial charge on any atom is -0.490 e. The van der Waals surface area contributed by atoms with Crippen molar-refractivity contribution in [2.24, 2.45) is 5.73 Å². The molecule has 0 aromatic heterocycles. The summed E-state index contributed by atoms with van der Waals surface area (Å²) in [6.07, 6.45) is 1.87. The normalized spacial score (nSPS) is 12.6. The number of hydrogen-bond acceptors (Lipinski definition) is 6. The van der Waals surface area contributed by atoms with Crippen LogP contribution in [0.2, 0.25) is 0 Å². The molecule has 122 valence electrons. The van der Waals surface area contributed by atoms with E-state index in [9.17, 15) is 9.59 Å². The number of hydrogen-bond donors (Lipinski definition) is 2. The number of esters is 1. The van der Waals surface area contributed by atoms with Crippen molar-refractivity contribution in [1.29, 1.82) is 0 Å². The van der Waals surface area contributed by atoms with Crippen LogP contribution in [0, 0.1) is 0 Å². The maximum absolute atomic E-state index is 11.8. The lowest BCUT2D eigenvalue weighted by Gasteiger charge is -2.22. The molecular weight excluding hydrogens is 306 g/mol. The summed E-state index contributed by atoms with van der Waals surface area (Å²) in [4.78, 5) is 23.8. The lowest BCUT2D eigenvalue weighted by molar-refractivity contribution is -0.157. The minimum absolute atomic E-state index is 0.0224. The number of aromatic carboxylic acids is 1.